The van der Waals surface area contributed by atoms with Gasteiger partial charge in [0.15, 0.2) is 0 Å². The SMILES string of the molecule is CCOC(=O)CNc1cccc(CCCP(=O)(OCC)OCC)c1. The molecule has 0 fully saturated rings. The number of rotatable bonds is 12. The minimum atomic E-state index is -2.98. The number of nitrogens with one attached hydrogen (secondary N) is 1. The number of anilines is 1. The smallest absolute Gasteiger partial charge is 0.330 e. The van der Waals surface area contributed by atoms with E-state index in [0.29, 0.717) is 32.4 Å². The number of hydrogen-bond donors (Lipinski definition) is 1. The molecular weight excluding hydrogens is 329 g/mol. The van der Waals surface area contributed by atoms with Gasteiger partial charge in [-0.15, -0.1) is 0 Å². The van der Waals surface area contributed by atoms with Gasteiger partial charge in [-0.2, -0.15) is 0 Å². The molecule has 1 aromatic carbocycles. The Labute approximate surface area is 144 Å². The molecule has 0 spiro atoms. The van der Waals surface area contributed by atoms with Crippen molar-refractivity contribution < 1.29 is 23.1 Å². The van der Waals surface area contributed by atoms with Crippen molar-refractivity contribution in [1.29, 1.82) is 0 Å². The minimum Gasteiger partial charge on any atom is -0.465 e. The van der Waals surface area contributed by atoms with E-state index in [4.69, 9.17) is 13.8 Å². The molecule has 0 saturated carbocycles. The van der Waals surface area contributed by atoms with E-state index in [9.17, 15) is 9.36 Å². The van der Waals surface area contributed by atoms with E-state index in [1.165, 1.54) is 0 Å². The van der Waals surface area contributed by atoms with Gasteiger partial charge in [0.1, 0.15) is 6.54 Å². The van der Waals surface area contributed by atoms with Crippen LogP contribution in [-0.4, -0.2) is 38.5 Å². The summed E-state index contributed by atoms with van der Waals surface area (Å²) in [6.45, 7) is 6.67. The molecule has 1 rings (SSSR count). The normalized spacial score (nSPS) is 11.3. The van der Waals surface area contributed by atoms with Crippen molar-refractivity contribution in [2.45, 2.75) is 33.6 Å². The molecule has 0 heterocycles. The molecule has 6 nitrogen and oxygen atoms in total. The molecule has 0 radical (unpaired) electrons. The molecule has 0 atom stereocenters. The number of carbonyl (C=O) groups excluding carboxylic acids is 1. The largest absolute Gasteiger partial charge is 0.465 e. The third kappa shape index (κ3) is 7.95. The number of ether oxygens (including phenoxy) is 1. The Balaban J connectivity index is 2.49. The standard InChI is InChI=1S/C17H28NO5P/c1-4-21-17(19)14-18-16-11-7-9-15(13-16)10-8-12-24(20,22-5-2)23-6-3/h7,9,11,13,18H,4-6,8,10,12,14H2,1-3H3. The van der Waals surface area contributed by atoms with Crippen LogP contribution in [0.4, 0.5) is 5.69 Å². The topological polar surface area (TPSA) is 73.9 Å². The Bertz CT molecular complexity index is 540. The zero-order chi connectivity index (χ0) is 17.8. The molecule has 0 bridgehead atoms. The van der Waals surface area contributed by atoms with Crippen molar-refractivity contribution in [3.8, 4) is 0 Å². The number of carbonyl (C=O) groups is 1. The monoisotopic (exact) mass is 357 g/mol. The van der Waals surface area contributed by atoms with Gasteiger partial charge in [0.25, 0.3) is 0 Å². The maximum Gasteiger partial charge on any atom is 0.330 e. The maximum absolute atomic E-state index is 12.4. The van der Waals surface area contributed by atoms with Gasteiger partial charge in [-0.3, -0.25) is 9.36 Å². The fraction of sp³-hybridized carbons (Fsp3) is 0.588. The fourth-order valence-electron chi connectivity index (χ4n) is 2.26. The molecule has 0 aliphatic carbocycles. The first-order valence-electron chi connectivity index (χ1n) is 8.39. The van der Waals surface area contributed by atoms with Crippen molar-refractivity contribution in [2.24, 2.45) is 0 Å². The van der Waals surface area contributed by atoms with Crippen LogP contribution in [0.1, 0.15) is 32.8 Å². The van der Waals surface area contributed by atoms with E-state index >= 15 is 0 Å². The zero-order valence-corrected chi connectivity index (χ0v) is 15.6. The van der Waals surface area contributed by atoms with Crippen LogP contribution in [0.5, 0.6) is 0 Å². The molecule has 0 aliphatic heterocycles. The predicted molar refractivity (Wildman–Crippen MR) is 95.6 cm³/mol. The summed E-state index contributed by atoms with van der Waals surface area (Å²) in [6, 6.07) is 7.80. The van der Waals surface area contributed by atoms with Gasteiger partial charge < -0.3 is 19.1 Å². The number of hydrogen-bond acceptors (Lipinski definition) is 6. The van der Waals surface area contributed by atoms with Crippen molar-refractivity contribution in [3.63, 3.8) is 0 Å². The van der Waals surface area contributed by atoms with E-state index in [-0.39, 0.29) is 12.5 Å². The van der Waals surface area contributed by atoms with Gasteiger partial charge in [-0.05, 0) is 51.3 Å². The second-order valence-corrected chi connectivity index (χ2v) is 7.32. The van der Waals surface area contributed by atoms with Crippen LogP contribution in [0.3, 0.4) is 0 Å². The highest BCUT2D eigenvalue weighted by molar-refractivity contribution is 7.53. The van der Waals surface area contributed by atoms with E-state index < -0.39 is 7.60 Å². The first-order valence-corrected chi connectivity index (χ1v) is 10.1. The van der Waals surface area contributed by atoms with Crippen LogP contribution in [0, 0.1) is 0 Å². The Morgan fingerprint density at radius 3 is 2.46 bits per heavy atom. The molecule has 1 aromatic rings. The fourth-order valence-corrected chi connectivity index (χ4v) is 3.92. The summed E-state index contributed by atoms with van der Waals surface area (Å²) in [5, 5.41) is 3.04. The number of aryl methyl sites for hydroxylation is 1. The number of esters is 1. The lowest BCUT2D eigenvalue weighted by Gasteiger charge is -2.16. The summed E-state index contributed by atoms with van der Waals surface area (Å²) < 4.78 is 27.9. The Morgan fingerprint density at radius 2 is 1.83 bits per heavy atom. The van der Waals surface area contributed by atoms with Gasteiger partial charge in [-0.1, -0.05) is 12.1 Å². The van der Waals surface area contributed by atoms with Crippen LogP contribution in [0.15, 0.2) is 24.3 Å². The second kappa shape index (κ2) is 11.2. The van der Waals surface area contributed by atoms with Crippen LogP contribution in [0.2, 0.25) is 0 Å². The Kier molecular flexibility index (Phi) is 9.69. The first kappa shape index (κ1) is 20.7. The molecule has 0 aliphatic rings. The number of benzene rings is 1. The molecule has 1 N–H and O–H groups in total. The van der Waals surface area contributed by atoms with E-state index in [0.717, 1.165) is 17.7 Å². The molecule has 0 unspecified atom stereocenters. The summed E-state index contributed by atoms with van der Waals surface area (Å²) in [6.07, 6.45) is 1.87. The lowest BCUT2D eigenvalue weighted by atomic mass is 10.1. The summed E-state index contributed by atoms with van der Waals surface area (Å²) in [7, 11) is -2.98. The summed E-state index contributed by atoms with van der Waals surface area (Å²) >= 11 is 0. The van der Waals surface area contributed by atoms with Crippen LogP contribution >= 0.6 is 7.60 Å². The second-order valence-electron chi connectivity index (χ2n) is 5.13. The van der Waals surface area contributed by atoms with Gasteiger partial charge in [0, 0.05) is 5.69 Å². The Morgan fingerprint density at radius 1 is 1.12 bits per heavy atom. The van der Waals surface area contributed by atoms with Crippen molar-refractivity contribution >= 4 is 19.3 Å². The average Bonchev–Trinajstić information content (AvgIpc) is 2.54. The summed E-state index contributed by atoms with van der Waals surface area (Å²) in [5.74, 6) is -0.280. The highest BCUT2D eigenvalue weighted by Gasteiger charge is 2.22. The third-order valence-electron chi connectivity index (χ3n) is 3.22. The van der Waals surface area contributed by atoms with Crippen LogP contribution in [0.25, 0.3) is 0 Å². The minimum absolute atomic E-state index is 0.140. The summed E-state index contributed by atoms with van der Waals surface area (Å²) in [5.41, 5.74) is 1.96. The van der Waals surface area contributed by atoms with Gasteiger partial charge in [-0.25, -0.2) is 0 Å². The third-order valence-corrected chi connectivity index (χ3v) is 5.39. The van der Waals surface area contributed by atoms with Gasteiger partial charge in [0.05, 0.1) is 26.0 Å². The highest BCUT2D eigenvalue weighted by atomic mass is 31.2. The quantitative estimate of drug-likeness (QED) is 0.452. The van der Waals surface area contributed by atoms with E-state index in [1.54, 1.807) is 6.92 Å². The van der Waals surface area contributed by atoms with Crippen molar-refractivity contribution in [1.82, 2.24) is 0 Å². The van der Waals surface area contributed by atoms with E-state index in [2.05, 4.69) is 5.32 Å². The van der Waals surface area contributed by atoms with Crippen molar-refractivity contribution in [2.75, 3.05) is 37.8 Å². The highest BCUT2D eigenvalue weighted by Crippen LogP contribution is 2.48. The summed E-state index contributed by atoms with van der Waals surface area (Å²) in [4.78, 5) is 11.4. The molecule has 0 aromatic heterocycles. The van der Waals surface area contributed by atoms with Crippen LogP contribution < -0.4 is 5.32 Å². The first-order chi connectivity index (χ1) is 11.5. The Hall–Kier alpha value is -1.36. The molecule has 0 saturated heterocycles. The van der Waals surface area contributed by atoms with Crippen LogP contribution in [-0.2, 0) is 29.6 Å². The lowest BCUT2D eigenvalue weighted by Crippen LogP contribution is -2.16. The zero-order valence-electron chi connectivity index (χ0n) is 14.7. The molecule has 136 valence electrons. The van der Waals surface area contributed by atoms with Gasteiger partial charge in [0.2, 0.25) is 0 Å². The molecular formula is C17H28NO5P. The van der Waals surface area contributed by atoms with E-state index in [1.807, 2.05) is 38.1 Å². The van der Waals surface area contributed by atoms with Crippen molar-refractivity contribution in [3.05, 3.63) is 29.8 Å². The average molecular weight is 357 g/mol. The molecule has 24 heavy (non-hydrogen) atoms. The maximum atomic E-state index is 12.4. The predicted octanol–water partition coefficient (Wildman–Crippen LogP) is 3.86. The molecule has 0 amide bonds. The molecule has 7 heteroatoms. The lowest BCUT2D eigenvalue weighted by molar-refractivity contribution is -0.140. The van der Waals surface area contributed by atoms with Gasteiger partial charge >= 0.3 is 13.6 Å².